The van der Waals surface area contributed by atoms with Crippen molar-refractivity contribution in [2.45, 2.75) is 27.2 Å². The van der Waals surface area contributed by atoms with Crippen LogP contribution in [0.5, 0.6) is 0 Å². The third-order valence-corrected chi connectivity index (χ3v) is 6.29. The summed E-state index contributed by atoms with van der Waals surface area (Å²) < 4.78 is 32.0. The van der Waals surface area contributed by atoms with Gasteiger partial charge in [-0.05, 0) is 44.5 Å². The van der Waals surface area contributed by atoms with Crippen LogP contribution < -0.4 is 21.2 Å². The van der Waals surface area contributed by atoms with Crippen molar-refractivity contribution in [2.24, 2.45) is 0 Å². The summed E-state index contributed by atoms with van der Waals surface area (Å²) in [6.45, 7) is 5.91. The standard InChI is InChI=1S/C14H14I.C3H8O3S/c1-11-3-7-13(8-4-11)15-14-9-5-12(2)6-10-14;1-2-3-7(4,5)6/h3-10H,1-2H3;2-3H2,1H3,(H,4,5,6)/q+1;/p-1. The average molecular weight is 432 g/mol. The van der Waals surface area contributed by atoms with Crippen molar-refractivity contribution in [3.63, 3.8) is 0 Å². The first-order valence-corrected chi connectivity index (χ1v) is 10.8. The Morgan fingerprint density at radius 3 is 1.45 bits per heavy atom. The molecule has 2 aromatic carbocycles. The molecule has 0 heterocycles. The molecule has 0 aliphatic carbocycles. The van der Waals surface area contributed by atoms with Crippen LogP contribution in [0.3, 0.4) is 0 Å². The topological polar surface area (TPSA) is 57.2 Å². The highest BCUT2D eigenvalue weighted by molar-refractivity contribution is 7.85. The van der Waals surface area contributed by atoms with Crippen LogP contribution in [-0.2, 0) is 10.1 Å². The molecule has 0 saturated heterocycles. The van der Waals surface area contributed by atoms with E-state index in [0.717, 1.165) is 0 Å². The third-order valence-electron chi connectivity index (χ3n) is 2.69. The van der Waals surface area contributed by atoms with Gasteiger partial charge in [0.2, 0.25) is 0 Å². The van der Waals surface area contributed by atoms with Crippen LogP contribution in [0, 0.1) is 21.0 Å². The smallest absolute Gasteiger partial charge is 0.357 e. The van der Waals surface area contributed by atoms with E-state index in [2.05, 4.69) is 62.4 Å². The minimum absolute atomic E-state index is 0.00313. The Morgan fingerprint density at radius 2 is 1.23 bits per heavy atom. The summed E-state index contributed by atoms with van der Waals surface area (Å²) >= 11 is 0.00313. The highest BCUT2D eigenvalue weighted by Crippen LogP contribution is 1.95. The summed E-state index contributed by atoms with van der Waals surface area (Å²) in [6, 6.07) is 17.8. The molecule has 0 aliphatic rings. The number of rotatable bonds is 4. The molecule has 120 valence electrons. The molecular formula is C17H21IO3S. The third kappa shape index (κ3) is 8.51. The monoisotopic (exact) mass is 432 g/mol. The molecule has 0 N–H and O–H groups in total. The van der Waals surface area contributed by atoms with Gasteiger partial charge in [-0.25, -0.2) is 8.42 Å². The van der Waals surface area contributed by atoms with E-state index >= 15 is 0 Å². The van der Waals surface area contributed by atoms with Gasteiger partial charge in [0, 0.05) is 5.75 Å². The minimum atomic E-state index is -3.92. The van der Waals surface area contributed by atoms with Gasteiger partial charge < -0.3 is 4.55 Å². The van der Waals surface area contributed by atoms with Gasteiger partial charge in [0.25, 0.3) is 0 Å². The molecule has 0 bridgehead atoms. The van der Waals surface area contributed by atoms with Crippen LogP contribution in [0.4, 0.5) is 0 Å². The highest BCUT2D eigenvalue weighted by atomic mass is 127. The summed E-state index contributed by atoms with van der Waals surface area (Å²) in [5, 5.41) is 0. The molecule has 0 fully saturated rings. The Hall–Kier alpha value is -0.920. The van der Waals surface area contributed by atoms with Crippen molar-refractivity contribution in [3.05, 3.63) is 66.8 Å². The van der Waals surface area contributed by atoms with Crippen LogP contribution in [-0.4, -0.2) is 18.7 Å². The van der Waals surface area contributed by atoms with Crippen molar-refractivity contribution < 1.29 is 34.2 Å². The first kappa shape index (κ1) is 19.1. The second kappa shape index (κ2) is 9.27. The Bertz CT molecular complexity index is 619. The fourth-order valence-electron chi connectivity index (χ4n) is 1.57. The van der Waals surface area contributed by atoms with Crippen LogP contribution >= 0.6 is 0 Å². The zero-order valence-corrected chi connectivity index (χ0v) is 16.0. The fraction of sp³-hybridized carbons (Fsp3) is 0.294. The molecule has 0 unspecified atom stereocenters. The highest BCUT2D eigenvalue weighted by Gasteiger charge is 2.13. The maximum Gasteiger partial charge on any atom is 0.357 e. The quantitative estimate of drug-likeness (QED) is 0.519. The minimum Gasteiger partial charge on any atom is -0.748 e. The number of hydrogen-bond donors (Lipinski definition) is 0. The van der Waals surface area contributed by atoms with Gasteiger partial charge in [0.15, 0.2) is 7.14 Å². The molecule has 2 rings (SSSR count). The first-order chi connectivity index (χ1) is 10.3. The van der Waals surface area contributed by atoms with Gasteiger partial charge in [-0.2, -0.15) is 0 Å². The number of benzene rings is 2. The van der Waals surface area contributed by atoms with Gasteiger partial charge in [0.1, 0.15) is 0 Å². The van der Waals surface area contributed by atoms with Crippen molar-refractivity contribution in [1.82, 2.24) is 0 Å². The van der Waals surface area contributed by atoms with E-state index in [0.29, 0.717) is 6.42 Å². The van der Waals surface area contributed by atoms with Crippen molar-refractivity contribution in [3.8, 4) is 0 Å². The fourth-order valence-corrected chi connectivity index (χ4v) is 4.23. The van der Waals surface area contributed by atoms with E-state index in [4.69, 9.17) is 0 Å². The van der Waals surface area contributed by atoms with E-state index in [1.807, 2.05) is 0 Å². The number of hydrogen-bond acceptors (Lipinski definition) is 3. The van der Waals surface area contributed by atoms with Crippen molar-refractivity contribution >= 4 is 10.1 Å². The average Bonchev–Trinajstić information content (AvgIpc) is 2.43. The second-order valence-electron chi connectivity index (χ2n) is 4.95. The molecule has 22 heavy (non-hydrogen) atoms. The molecule has 2 aromatic rings. The lowest BCUT2D eigenvalue weighted by atomic mass is 10.2. The molecule has 0 spiro atoms. The van der Waals surface area contributed by atoms with Crippen LogP contribution in [0.1, 0.15) is 24.5 Å². The number of aryl methyl sites for hydroxylation is 2. The summed E-state index contributed by atoms with van der Waals surface area (Å²) in [4.78, 5) is 0. The summed E-state index contributed by atoms with van der Waals surface area (Å²) in [5.41, 5.74) is 2.68. The van der Waals surface area contributed by atoms with Crippen molar-refractivity contribution in [2.75, 3.05) is 5.75 Å². The van der Waals surface area contributed by atoms with E-state index in [9.17, 15) is 13.0 Å². The van der Waals surface area contributed by atoms with E-state index in [1.54, 1.807) is 6.92 Å². The summed E-state index contributed by atoms with van der Waals surface area (Å²) in [7, 11) is -3.92. The lowest BCUT2D eigenvalue weighted by molar-refractivity contribution is -0.597. The molecule has 0 amide bonds. The lowest BCUT2D eigenvalue weighted by Gasteiger charge is -2.00. The summed E-state index contributed by atoms with van der Waals surface area (Å²) in [5.74, 6) is -0.243. The van der Waals surface area contributed by atoms with Gasteiger partial charge >= 0.3 is 21.2 Å². The van der Waals surface area contributed by atoms with Crippen molar-refractivity contribution in [1.29, 1.82) is 0 Å². The molecule has 0 aromatic heterocycles. The lowest BCUT2D eigenvalue weighted by Crippen LogP contribution is -3.61. The summed E-state index contributed by atoms with van der Waals surface area (Å²) in [6.07, 6.45) is 0.409. The van der Waals surface area contributed by atoms with E-state index < -0.39 is 10.1 Å². The Balaban J connectivity index is 0.000000295. The zero-order valence-electron chi connectivity index (χ0n) is 13.0. The largest absolute Gasteiger partial charge is 0.748 e. The van der Waals surface area contributed by atoms with E-state index in [-0.39, 0.29) is 27.0 Å². The van der Waals surface area contributed by atoms with Gasteiger partial charge in [-0.3, -0.25) is 0 Å². The molecule has 0 atom stereocenters. The number of halogens is 1. The molecule has 0 radical (unpaired) electrons. The molecule has 5 heteroatoms. The van der Waals surface area contributed by atoms with Gasteiger partial charge in [-0.15, -0.1) is 0 Å². The Labute approximate surface area is 143 Å². The Kier molecular flexibility index (Phi) is 8.06. The van der Waals surface area contributed by atoms with Crippen LogP contribution in [0.2, 0.25) is 0 Å². The molecular weight excluding hydrogens is 411 g/mol. The maximum atomic E-state index is 9.68. The zero-order chi connectivity index (χ0) is 16.6. The molecule has 0 aliphatic heterocycles. The van der Waals surface area contributed by atoms with Crippen LogP contribution in [0.25, 0.3) is 0 Å². The maximum absolute atomic E-state index is 9.68. The molecule has 3 nitrogen and oxygen atoms in total. The van der Waals surface area contributed by atoms with E-state index in [1.165, 1.54) is 18.3 Å². The SMILES string of the molecule is CCCS(=O)(=O)[O-].Cc1ccc([I+]c2ccc(C)cc2)cc1. The predicted octanol–water partition coefficient (Wildman–Crippen LogP) is 0.373. The second-order valence-corrected chi connectivity index (χ2v) is 9.50. The van der Waals surface area contributed by atoms with Crippen LogP contribution in [0.15, 0.2) is 48.5 Å². The van der Waals surface area contributed by atoms with Gasteiger partial charge in [0.05, 0.1) is 10.1 Å². The Morgan fingerprint density at radius 1 is 0.864 bits per heavy atom. The molecule has 0 saturated carbocycles. The van der Waals surface area contributed by atoms with Gasteiger partial charge in [-0.1, -0.05) is 42.3 Å². The predicted molar refractivity (Wildman–Crippen MR) is 84.6 cm³/mol. The normalized spacial score (nSPS) is 10.7. The first-order valence-electron chi connectivity index (χ1n) is 7.02.